The second-order valence-electron chi connectivity index (χ2n) is 3.89. The van der Waals surface area contributed by atoms with Crippen LogP contribution >= 0.6 is 34.4 Å². The Bertz CT molecular complexity index is 621. The first-order chi connectivity index (χ1) is 9.54. The van der Waals surface area contributed by atoms with E-state index in [-0.39, 0.29) is 16.8 Å². The molecule has 0 bridgehead atoms. The smallest absolute Gasteiger partial charge is 0.230 e. The van der Waals surface area contributed by atoms with Crippen molar-refractivity contribution in [1.82, 2.24) is 10.3 Å². The molecule has 2 aromatic heterocycles. The minimum absolute atomic E-state index is 0.0559. The largest absolute Gasteiger partial charge is 0.375 e. The Hall–Kier alpha value is -1.38. The summed E-state index contributed by atoms with van der Waals surface area (Å²) in [6, 6.07) is 3.92. The van der Waals surface area contributed by atoms with E-state index in [4.69, 9.17) is 5.73 Å². The summed E-state index contributed by atoms with van der Waals surface area (Å²) in [6.45, 7) is 1.91. The fourth-order valence-electron chi connectivity index (χ4n) is 1.42. The van der Waals surface area contributed by atoms with E-state index in [1.807, 2.05) is 17.5 Å². The van der Waals surface area contributed by atoms with E-state index in [0.717, 1.165) is 27.2 Å². The van der Waals surface area contributed by atoms with Crippen LogP contribution in [0.2, 0.25) is 0 Å². The Kier molecular flexibility index (Phi) is 5.16. The first-order valence-electron chi connectivity index (χ1n) is 5.75. The third kappa shape index (κ3) is 4.32. The number of rotatable bonds is 5. The van der Waals surface area contributed by atoms with Gasteiger partial charge in [0.25, 0.3) is 0 Å². The maximum Gasteiger partial charge on any atom is 0.230 e. The highest BCUT2D eigenvalue weighted by molar-refractivity contribution is 8.14. The van der Waals surface area contributed by atoms with Crippen molar-refractivity contribution in [2.45, 2.75) is 13.5 Å². The van der Waals surface area contributed by atoms with Gasteiger partial charge in [-0.1, -0.05) is 11.8 Å². The molecule has 0 unspecified atom stereocenters. The quantitative estimate of drug-likeness (QED) is 0.880. The fraction of sp³-hybridized carbons (Fsp3) is 0.250. The molecule has 2 rings (SSSR count). The van der Waals surface area contributed by atoms with Crippen LogP contribution in [-0.2, 0) is 16.1 Å². The van der Waals surface area contributed by atoms with Gasteiger partial charge in [0, 0.05) is 17.2 Å². The number of anilines is 1. The standard InChI is InChI=1S/C12H13N3O2S3/c1-7(16)18-6-11(17)14-4-8-2-3-10(20-8)9-5-19-12(13)15-9/h2-3,5H,4,6H2,1H3,(H2,13,15)(H,14,17). The Morgan fingerprint density at radius 1 is 1.45 bits per heavy atom. The second-order valence-corrected chi connectivity index (χ2v) is 7.10. The molecule has 0 saturated heterocycles. The van der Waals surface area contributed by atoms with E-state index in [1.54, 1.807) is 11.3 Å². The number of amides is 1. The lowest BCUT2D eigenvalue weighted by molar-refractivity contribution is -0.119. The molecular formula is C12H13N3O2S3. The van der Waals surface area contributed by atoms with Gasteiger partial charge in [-0.05, 0) is 12.1 Å². The Morgan fingerprint density at radius 2 is 2.25 bits per heavy atom. The van der Waals surface area contributed by atoms with Crippen LogP contribution in [0.4, 0.5) is 5.13 Å². The Morgan fingerprint density at radius 3 is 2.90 bits per heavy atom. The van der Waals surface area contributed by atoms with Crippen LogP contribution in [0.25, 0.3) is 10.6 Å². The zero-order chi connectivity index (χ0) is 14.5. The molecule has 0 spiro atoms. The summed E-state index contributed by atoms with van der Waals surface area (Å²) in [4.78, 5) is 28.5. The van der Waals surface area contributed by atoms with Gasteiger partial charge in [-0.2, -0.15) is 0 Å². The van der Waals surface area contributed by atoms with Gasteiger partial charge in [0.1, 0.15) is 0 Å². The van der Waals surface area contributed by atoms with Crippen molar-refractivity contribution in [2.75, 3.05) is 11.5 Å². The summed E-state index contributed by atoms with van der Waals surface area (Å²) in [5.74, 6) is 0.0222. The fourth-order valence-corrected chi connectivity index (χ4v) is 3.40. The summed E-state index contributed by atoms with van der Waals surface area (Å²) in [6.07, 6.45) is 0. The summed E-state index contributed by atoms with van der Waals surface area (Å²) < 4.78 is 0. The third-order valence-electron chi connectivity index (χ3n) is 2.30. The summed E-state index contributed by atoms with van der Waals surface area (Å²) in [5.41, 5.74) is 6.47. The summed E-state index contributed by atoms with van der Waals surface area (Å²) >= 11 is 3.98. The van der Waals surface area contributed by atoms with Crippen molar-refractivity contribution in [1.29, 1.82) is 0 Å². The minimum atomic E-state index is -0.141. The number of carbonyl (C=O) groups excluding carboxylic acids is 2. The van der Waals surface area contributed by atoms with Gasteiger partial charge in [-0.25, -0.2) is 4.98 Å². The van der Waals surface area contributed by atoms with Crippen LogP contribution in [0.15, 0.2) is 17.5 Å². The Balaban J connectivity index is 1.87. The summed E-state index contributed by atoms with van der Waals surface area (Å²) in [7, 11) is 0. The summed E-state index contributed by atoms with van der Waals surface area (Å²) in [5, 5.41) is 5.18. The van der Waals surface area contributed by atoms with Crippen LogP contribution in [-0.4, -0.2) is 21.8 Å². The van der Waals surface area contributed by atoms with Gasteiger partial charge < -0.3 is 11.1 Å². The van der Waals surface area contributed by atoms with Gasteiger partial charge >= 0.3 is 0 Å². The number of nitrogens with zero attached hydrogens (tertiary/aromatic N) is 1. The van der Waals surface area contributed by atoms with Crippen molar-refractivity contribution in [2.24, 2.45) is 0 Å². The van der Waals surface area contributed by atoms with Crippen LogP contribution in [0, 0.1) is 0 Å². The Labute approximate surface area is 128 Å². The molecule has 3 N–H and O–H groups in total. The number of aromatic nitrogens is 1. The molecule has 0 aliphatic rings. The van der Waals surface area contributed by atoms with E-state index in [2.05, 4.69) is 10.3 Å². The van der Waals surface area contributed by atoms with Gasteiger partial charge in [0.2, 0.25) is 5.91 Å². The molecule has 0 radical (unpaired) electrons. The van der Waals surface area contributed by atoms with E-state index in [0.29, 0.717) is 11.7 Å². The molecule has 0 aromatic carbocycles. The van der Waals surface area contributed by atoms with Crippen molar-refractivity contribution in [3.8, 4) is 10.6 Å². The van der Waals surface area contributed by atoms with E-state index in [1.165, 1.54) is 18.3 Å². The predicted octanol–water partition coefficient (Wildman–Crippen LogP) is 2.35. The SMILES string of the molecule is CC(=O)SCC(=O)NCc1ccc(-c2csc(N)n2)s1. The average molecular weight is 327 g/mol. The first kappa shape index (κ1) is 15.0. The number of nitrogens with one attached hydrogen (secondary N) is 1. The highest BCUT2D eigenvalue weighted by atomic mass is 32.2. The molecule has 2 heterocycles. The molecule has 106 valence electrons. The predicted molar refractivity (Wildman–Crippen MR) is 84.8 cm³/mol. The van der Waals surface area contributed by atoms with E-state index < -0.39 is 0 Å². The van der Waals surface area contributed by atoms with Crippen LogP contribution in [0.3, 0.4) is 0 Å². The number of hydrogen-bond donors (Lipinski definition) is 2. The highest BCUT2D eigenvalue weighted by Crippen LogP contribution is 2.29. The number of nitrogen functional groups attached to an aromatic ring is 1. The molecule has 0 saturated carbocycles. The maximum atomic E-state index is 11.5. The molecule has 8 heteroatoms. The molecule has 2 aromatic rings. The molecule has 20 heavy (non-hydrogen) atoms. The number of nitrogens with two attached hydrogens (primary N) is 1. The number of thiophene rings is 1. The number of thiazole rings is 1. The van der Waals surface area contributed by atoms with E-state index in [9.17, 15) is 9.59 Å². The zero-order valence-corrected chi connectivity index (χ0v) is 13.2. The highest BCUT2D eigenvalue weighted by Gasteiger charge is 2.08. The number of carbonyl (C=O) groups is 2. The van der Waals surface area contributed by atoms with Crippen LogP contribution in [0.1, 0.15) is 11.8 Å². The van der Waals surface area contributed by atoms with Gasteiger partial charge in [0.15, 0.2) is 10.2 Å². The maximum absolute atomic E-state index is 11.5. The van der Waals surface area contributed by atoms with Crippen molar-refractivity contribution >= 4 is 50.6 Å². The van der Waals surface area contributed by atoms with Crippen LogP contribution < -0.4 is 11.1 Å². The lowest BCUT2D eigenvalue weighted by Crippen LogP contribution is -2.24. The van der Waals surface area contributed by atoms with Crippen molar-refractivity contribution < 1.29 is 9.59 Å². The molecule has 0 atom stereocenters. The van der Waals surface area contributed by atoms with Crippen molar-refractivity contribution in [3.05, 3.63) is 22.4 Å². The normalized spacial score (nSPS) is 10.4. The van der Waals surface area contributed by atoms with Gasteiger partial charge in [0.05, 0.1) is 22.9 Å². The molecule has 0 fully saturated rings. The molecule has 1 amide bonds. The third-order valence-corrected chi connectivity index (χ3v) is 4.90. The number of thioether (sulfide) groups is 1. The lowest BCUT2D eigenvalue weighted by Gasteiger charge is -2.01. The molecule has 5 nitrogen and oxygen atoms in total. The van der Waals surface area contributed by atoms with Gasteiger partial charge in [-0.3, -0.25) is 9.59 Å². The van der Waals surface area contributed by atoms with Crippen LogP contribution in [0.5, 0.6) is 0 Å². The molecule has 0 aliphatic carbocycles. The minimum Gasteiger partial charge on any atom is -0.375 e. The molecule has 0 aliphatic heterocycles. The number of hydrogen-bond acceptors (Lipinski definition) is 7. The van der Waals surface area contributed by atoms with E-state index >= 15 is 0 Å². The van der Waals surface area contributed by atoms with Crippen molar-refractivity contribution in [3.63, 3.8) is 0 Å². The lowest BCUT2D eigenvalue weighted by atomic mass is 10.3. The molecular weight excluding hydrogens is 314 g/mol. The van der Waals surface area contributed by atoms with Gasteiger partial charge in [-0.15, -0.1) is 22.7 Å². The topological polar surface area (TPSA) is 85.1 Å². The zero-order valence-electron chi connectivity index (χ0n) is 10.7. The first-order valence-corrected chi connectivity index (χ1v) is 8.43. The monoisotopic (exact) mass is 327 g/mol. The average Bonchev–Trinajstić information content (AvgIpc) is 3.02. The second kappa shape index (κ2) is 6.87.